The molecule has 1 aromatic carbocycles. The summed E-state index contributed by atoms with van der Waals surface area (Å²) in [5, 5.41) is 8.36. The summed E-state index contributed by atoms with van der Waals surface area (Å²) in [6.07, 6.45) is 3.32. The number of pyridine rings is 1. The predicted octanol–water partition coefficient (Wildman–Crippen LogP) is 3.08. The molecule has 0 aliphatic rings. The molecule has 0 saturated heterocycles. The normalized spacial score (nSPS) is 9.92. The molecular formula is C18H13N3O3S. The maximum Gasteiger partial charge on any atom is 0.339 e. The third-order valence-corrected chi connectivity index (χ3v) is 3.71. The Morgan fingerprint density at radius 3 is 2.68 bits per heavy atom. The van der Waals surface area contributed by atoms with E-state index < -0.39 is 0 Å². The Morgan fingerprint density at radius 1 is 1.08 bits per heavy atom. The van der Waals surface area contributed by atoms with Crippen LogP contribution in [0.25, 0.3) is 11.5 Å². The summed E-state index contributed by atoms with van der Waals surface area (Å²) >= 11 is 1.32. The van der Waals surface area contributed by atoms with E-state index in [1.54, 1.807) is 48.8 Å². The number of ether oxygens (including phenoxy) is 1. The van der Waals surface area contributed by atoms with Gasteiger partial charge in [-0.3, -0.25) is 4.98 Å². The van der Waals surface area contributed by atoms with Crippen LogP contribution < -0.4 is 0 Å². The molecule has 3 aromatic rings. The van der Waals surface area contributed by atoms with Crippen LogP contribution in [-0.4, -0.2) is 33.5 Å². The fourth-order valence-corrected chi connectivity index (χ4v) is 2.37. The lowest BCUT2D eigenvalue weighted by molar-refractivity contribution is 0.0556. The van der Waals surface area contributed by atoms with E-state index >= 15 is 0 Å². The van der Waals surface area contributed by atoms with Gasteiger partial charge in [0.15, 0.2) is 6.61 Å². The van der Waals surface area contributed by atoms with Crippen LogP contribution in [0.15, 0.2) is 64.5 Å². The molecule has 0 fully saturated rings. The fourth-order valence-electron chi connectivity index (χ4n) is 1.84. The number of carbonyl (C=O) groups excluding carboxylic acids is 1. The van der Waals surface area contributed by atoms with Crippen molar-refractivity contribution in [3.63, 3.8) is 0 Å². The van der Waals surface area contributed by atoms with Gasteiger partial charge in [0.05, 0.1) is 11.3 Å². The van der Waals surface area contributed by atoms with Gasteiger partial charge in [-0.25, -0.2) is 4.79 Å². The van der Waals surface area contributed by atoms with Gasteiger partial charge in [0.2, 0.25) is 5.89 Å². The minimum absolute atomic E-state index is 0.0420. The largest absolute Gasteiger partial charge is 0.449 e. The first-order valence-corrected chi connectivity index (χ1v) is 8.36. The number of aromatic nitrogens is 3. The Hall–Kier alpha value is -3.11. The first kappa shape index (κ1) is 16.7. The number of esters is 1. The van der Waals surface area contributed by atoms with Crippen molar-refractivity contribution in [3.8, 4) is 23.3 Å². The lowest BCUT2D eigenvalue weighted by atomic mass is 10.2. The Kier molecular flexibility index (Phi) is 5.80. The molecule has 0 spiro atoms. The molecule has 0 radical (unpaired) electrons. The molecule has 0 atom stereocenters. The number of hydrogen-bond acceptors (Lipinski definition) is 7. The molecule has 0 aliphatic carbocycles. The fraction of sp³-hybridized carbons (Fsp3) is 0.111. The van der Waals surface area contributed by atoms with E-state index in [0.29, 0.717) is 22.4 Å². The third kappa shape index (κ3) is 4.93. The second kappa shape index (κ2) is 8.66. The smallest absolute Gasteiger partial charge is 0.339 e. The van der Waals surface area contributed by atoms with Crippen LogP contribution >= 0.6 is 11.8 Å². The topological polar surface area (TPSA) is 78.1 Å². The molecule has 0 saturated carbocycles. The number of thioether (sulfide) groups is 1. The van der Waals surface area contributed by atoms with Crippen molar-refractivity contribution >= 4 is 17.7 Å². The summed E-state index contributed by atoms with van der Waals surface area (Å²) in [5.41, 5.74) is 1.32. The molecule has 0 aliphatic heterocycles. The summed E-state index contributed by atoms with van der Waals surface area (Å²) in [4.78, 5) is 15.6. The van der Waals surface area contributed by atoms with Gasteiger partial charge < -0.3 is 9.15 Å². The summed E-state index contributed by atoms with van der Waals surface area (Å²) in [5.74, 6) is 6.18. The van der Waals surface area contributed by atoms with Crippen LogP contribution in [0, 0.1) is 11.8 Å². The average molecular weight is 351 g/mol. The summed E-state index contributed by atoms with van der Waals surface area (Å²) in [6.45, 7) is 0.0420. The molecule has 2 aromatic heterocycles. The summed E-state index contributed by atoms with van der Waals surface area (Å²) in [7, 11) is 0. The highest BCUT2D eigenvalue weighted by Gasteiger charge is 2.08. The molecule has 0 N–H and O–H groups in total. The molecule has 0 amide bonds. The highest BCUT2D eigenvalue weighted by Crippen LogP contribution is 2.21. The van der Waals surface area contributed by atoms with E-state index in [2.05, 4.69) is 27.0 Å². The van der Waals surface area contributed by atoms with Gasteiger partial charge in [-0.1, -0.05) is 41.8 Å². The minimum Gasteiger partial charge on any atom is -0.449 e. The molecule has 2 heterocycles. The van der Waals surface area contributed by atoms with Crippen LogP contribution in [0.2, 0.25) is 0 Å². The van der Waals surface area contributed by atoms with Crippen LogP contribution in [0.1, 0.15) is 10.4 Å². The minimum atomic E-state index is -0.388. The van der Waals surface area contributed by atoms with Gasteiger partial charge in [0.1, 0.15) is 0 Å². The average Bonchev–Trinajstić information content (AvgIpc) is 3.15. The van der Waals surface area contributed by atoms with Gasteiger partial charge in [0, 0.05) is 18.0 Å². The lowest BCUT2D eigenvalue weighted by Crippen LogP contribution is -2.04. The first-order chi connectivity index (χ1) is 12.3. The van der Waals surface area contributed by atoms with Gasteiger partial charge in [-0.15, -0.1) is 10.2 Å². The Morgan fingerprint density at radius 2 is 1.88 bits per heavy atom. The van der Waals surface area contributed by atoms with Crippen molar-refractivity contribution in [1.82, 2.24) is 15.2 Å². The standard InChI is InChI=1S/C18H13N3O3S/c22-17(15-6-2-1-3-7-15)23-12-4-5-13-25-18-21-20-16(24-18)14-8-10-19-11-9-14/h1-3,6-11H,12-13H2. The molecule has 0 bridgehead atoms. The first-order valence-electron chi connectivity index (χ1n) is 7.37. The van der Waals surface area contributed by atoms with Gasteiger partial charge in [-0.2, -0.15) is 0 Å². The van der Waals surface area contributed by atoms with E-state index in [0.717, 1.165) is 5.56 Å². The number of carbonyl (C=O) groups is 1. The highest BCUT2D eigenvalue weighted by atomic mass is 32.2. The van der Waals surface area contributed by atoms with Crippen molar-refractivity contribution in [2.24, 2.45) is 0 Å². The molecule has 0 unspecified atom stereocenters. The Labute approximate surface area is 148 Å². The van der Waals surface area contributed by atoms with E-state index in [1.165, 1.54) is 11.8 Å². The van der Waals surface area contributed by atoms with Crippen molar-refractivity contribution in [1.29, 1.82) is 0 Å². The van der Waals surface area contributed by atoms with Gasteiger partial charge >= 0.3 is 5.97 Å². The van der Waals surface area contributed by atoms with E-state index in [4.69, 9.17) is 9.15 Å². The van der Waals surface area contributed by atoms with E-state index in [-0.39, 0.29) is 12.6 Å². The molecule has 6 nitrogen and oxygen atoms in total. The summed E-state index contributed by atoms with van der Waals surface area (Å²) < 4.78 is 10.6. The van der Waals surface area contributed by atoms with Gasteiger partial charge in [0.25, 0.3) is 5.22 Å². The second-order valence-electron chi connectivity index (χ2n) is 4.69. The number of nitrogens with zero attached hydrogens (tertiary/aromatic N) is 3. The molecule has 7 heteroatoms. The van der Waals surface area contributed by atoms with Gasteiger partial charge in [-0.05, 0) is 24.3 Å². The summed E-state index contributed by atoms with van der Waals surface area (Å²) in [6, 6.07) is 12.4. The lowest BCUT2D eigenvalue weighted by Gasteiger charge is -1.99. The Bertz CT molecular complexity index is 886. The number of benzene rings is 1. The Balaban J connectivity index is 1.43. The predicted molar refractivity (Wildman–Crippen MR) is 92.8 cm³/mol. The highest BCUT2D eigenvalue weighted by molar-refractivity contribution is 7.99. The zero-order chi connectivity index (χ0) is 17.3. The molecule has 124 valence electrons. The molecular weight excluding hydrogens is 338 g/mol. The van der Waals surface area contributed by atoms with Crippen LogP contribution in [0.5, 0.6) is 0 Å². The zero-order valence-corrected chi connectivity index (χ0v) is 13.9. The van der Waals surface area contributed by atoms with Crippen LogP contribution in [0.3, 0.4) is 0 Å². The van der Waals surface area contributed by atoms with Crippen LogP contribution in [0.4, 0.5) is 0 Å². The quantitative estimate of drug-likeness (QED) is 0.397. The third-order valence-electron chi connectivity index (χ3n) is 3.01. The molecule has 3 rings (SSSR count). The monoisotopic (exact) mass is 351 g/mol. The van der Waals surface area contributed by atoms with Crippen molar-refractivity contribution in [2.75, 3.05) is 12.4 Å². The molecule has 25 heavy (non-hydrogen) atoms. The van der Waals surface area contributed by atoms with E-state index in [9.17, 15) is 4.79 Å². The van der Waals surface area contributed by atoms with Crippen molar-refractivity contribution in [2.45, 2.75) is 5.22 Å². The number of hydrogen-bond donors (Lipinski definition) is 0. The SMILES string of the molecule is O=C(OCC#CCSc1nnc(-c2ccncc2)o1)c1ccccc1. The maximum atomic E-state index is 11.7. The van der Waals surface area contributed by atoms with Crippen molar-refractivity contribution < 1.29 is 13.9 Å². The van der Waals surface area contributed by atoms with Crippen LogP contribution in [-0.2, 0) is 4.74 Å². The van der Waals surface area contributed by atoms with E-state index in [1.807, 2.05) is 6.07 Å². The number of rotatable bonds is 5. The second-order valence-corrected chi connectivity index (χ2v) is 5.62. The van der Waals surface area contributed by atoms with Crippen molar-refractivity contribution in [3.05, 3.63) is 60.4 Å². The maximum absolute atomic E-state index is 11.7. The zero-order valence-electron chi connectivity index (χ0n) is 13.1.